The minimum Gasteiger partial charge on any atom is -0.355 e. The molecule has 0 bridgehead atoms. The second kappa shape index (κ2) is 9.45. The fourth-order valence-electron chi connectivity index (χ4n) is 3.32. The van der Waals surface area contributed by atoms with Crippen molar-refractivity contribution in [3.8, 4) is 0 Å². The highest BCUT2D eigenvalue weighted by molar-refractivity contribution is 5.79. The summed E-state index contributed by atoms with van der Waals surface area (Å²) in [7, 11) is 0. The van der Waals surface area contributed by atoms with Crippen LogP contribution in [-0.4, -0.2) is 70.4 Å². The average molecular weight is 385 g/mol. The van der Waals surface area contributed by atoms with Crippen LogP contribution in [0.4, 0.5) is 0 Å². The molecule has 0 radical (unpaired) electrons. The van der Waals surface area contributed by atoms with Gasteiger partial charge in [-0.05, 0) is 18.6 Å². The first-order chi connectivity index (χ1) is 13.6. The van der Waals surface area contributed by atoms with E-state index >= 15 is 0 Å². The monoisotopic (exact) mass is 385 g/mol. The number of benzene rings is 1. The van der Waals surface area contributed by atoms with E-state index in [4.69, 9.17) is 0 Å². The molecule has 2 heterocycles. The van der Waals surface area contributed by atoms with Crippen molar-refractivity contribution in [2.45, 2.75) is 26.3 Å². The van der Waals surface area contributed by atoms with Gasteiger partial charge in [0.25, 0.3) is 5.56 Å². The van der Waals surface area contributed by atoms with Gasteiger partial charge >= 0.3 is 0 Å². The first-order valence-electron chi connectivity index (χ1n) is 9.79. The second-order valence-electron chi connectivity index (χ2n) is 7.02. The lowest BCUT2D eigenvalue weighted by Gasteiger charge is -2.34. The molecule has 1 aromatic heterocycles. The summed E-state index contributed by atoms with van der Waals surface area (Å²) in [5, 5.41) is 3.43. The number of hydrogen-bond acceptors (Lipinski definition) is 5. The minimum atomic E-state index is -0.124. The number of fused-ring (bicyclic) bond motifs is 1. The number of nitrogens with one attached hydrogen (secondary N) is 1. The molecule has 2 amide bonds. The lowest BCUT2D eigenvalue weighted by molar-refractivity contribution is -0.133. The molecule has 1 saturated heterocycles. The van der Waals surface area contributed by atoms with Gasteiger partial charge in [0, 0.05) is 45.7 Å². The Morgan fingerprint density at radius 1 is 1.14 bits per heavy atom. The van der Waals surface area contributed by atoms with Crippen LogP contribution >= 0.6 is 0 Å². The first kappa shape index (κ1) is 20.0. The maximum absolute atomic E-state index is 12.5. The number of amides is 2. The predicted molar refractivity (Wildman–Crippen MR) is 107 cm³/mol. The highest BCUT2D eigenvalue weighted by Gasteiger charge is 2.22. The molecule has 1 aromatic carbocycles. The van der Waals surface area contributed by atoms with Crippen LogP contribution in [0.1, 0.15) is 19.8 Å². The molecule has 0 saturated carbocycles. The van der Waals surface area contributed by atoms with Gasteiger partial charge in [-0.2, -0.15) is 0 Å². The topological polar surface area (TPSA) is 87.5 Å². The Bertz CT molecular complexity index is 887. The Labute approximate surface area is 164 Å². The van der Waals surface area contributed by atoms with Crippen molar-refractivity contribution < 1.29 is 9.59 Å². The van der Waals surface area contributed by atoms with Crippen LogP contribution in [0.5, 0.6) is 0 Å². The van der Waals surface area contributed by atoms with Crippen molar-refractivity contribution in [2.24, 2.45) is 0 Å². The molecule has 0 aliphatic carbocycles. The maximum atomic E-state index is 12.5. The van der Waals surface area contributed by atoms with Gasteiger partial charge in [0.2, 0.25) is 11.8 Å². The van der Waals surface area contributed by atoms with Crippen LogP contribution in [0, 0.1) is 0 Å². The highest BCUT2D eigenvalue weighted by atomic mass is 16.2. The normalized spacial score (nSPS) is 15.0. The van der Waals surface area contributed by atoms with Crippen LogP contribution in [0.15, 0.2) is 35.4 Å². The van der Waals surface area contributed by atoms with Crippen molar-refractivity contribution in [3.05, 3.63) is 40.9 Å². The Morgan fingerprint density at radius 2 is 1.89 bits per heavy atom. The summed E-state index contributed by atoms with van der Waals surface area (Å²) in [5.74, 6) is 0.0555. The number of rotatable bonds is 7. The Hall–Kier alpha value is -2.74. The summed E-state index contributed by atoms with van der Waals surface area (Å²) in [6, 6.07) is 7.20. The van der Waals surface area contributed by atoms with Gasteiger partial charge in [-0.25, -0.2) is 4.98 Å². The lowest BCUT2D eigenvalue weighted by atomic mass is 10.2. The molecule has 0 spiro atoms. The van der Waals surface area contributed by atoms with Crippen molar-refractivity contribution >= 4 is 22.7 Å². The lowest BCUT2D eigenvalue weighted by Crippen LogP contribution is -2.51. The predicted octanol–water partition coefficient (Wildman–Crippen LogP) is 0.457. The van der Waals surface area contributed by atoms with Gasteiger partial charge in [0.1, 0.15) is 0 Å². The summed E-state index contributed by atoms with van der Waals surface area (Å²) < 4.78 is 1.49. The fourth-order valence-corrected chi connectivity index (χ4v) is 3.32. The molecule has 1 aliphatic rings. The standard InChI is InChI=1S/C20H27N5O3/c1-2-8-21-18(26)14-23-10-12-24(13-11-23)19(27)7-9-25-15-22-17-6-4-3-5-16(17)20(25)28/h3-6,15H,2,7-14H2,1H3,(H,21,26). The minimum absolute atomic E-state index is 0.0233. The Kier molecular flexibility index (Phi) is 6.76. The molecule has 150 valence electrons. The molecule has 0 atom stereocenters. The average Bonchev–Trinajstić information content (AvgIpc) is 2.72. The van der Waals surface area contributed by atoms with E-state index in [0.29, 0.717) is 56.7 Å². The van der Waals surface area contributed by atoms with Crippen LogP contribution in [0.25, 0.3) is 10.9 Å². The van der Waals surface area contributed by atoms with E-state index in [1.165, 1.54) is 10.9 Å². The fraction of sp³-hybridized carbons (Fsp3) is 0.500. The summed E-state index contributed by atoms with van der Waals surface area (Å²) >= 11 is 0. The third-order valence-corrected chi connectivity index (χ3v) is 4.96. The van der Waals surface area contributed by atoms with Gasteiger partial charge in [-0.3, -0.25) is 23.9 Å². The number of carbonyl (C=O) groups excluding carboxylic acids is 2. The van der Waals surface area contributed by atoms with Crippen LogP contribution in [0.3, 0.4) is 0 Å². The van der Waals surface area contributed by atoms with E-state index in [2.05, 4.69) is 15.2 Å². The van der Waals surface area contributed by atoms with Gasteiger partial charge < -0.3 is 10.2 Å². The molecule has 3 rings (SSSR count). The zero-order valence-corrected chi connectivity index (χ0v) is 16.3. The van der Waals surface area contributed by atoms with Crippen LogP contribution < -0.4 is 10.9 Å². The smallest absolute Gasteiger partial charge is 0.261 e. The van der Waals surface area contributed by atoms with E-state index in [1.807, 2.05) is 19.1 Å². The number of carbonyl (C=O) groups is 2. The number of piperazine rings is 1. The van der Waals surface area contributed by atoms with E-state index < -0.39 is 0 Å². The zero-order valence-electron chi connectivity index (χ0n) is 16.3. The number of hydrogen-bond donors (Lipinski definition) is 1. The zero-order chi connectivity index (χ0) is 19.9. The highest BCUT2D eigenvalue weighted by Crippen LogP contribution is 2.07. The maximum Gasteiger partial charge on any atom is 0.261 e. The molecule has 28 heavy (non-hydrogen) atoms. The first-order valence-corrected chi connectivity index (χ1v) is 9.79. The summed E-state index contributed by atoms with van der Waals surface area (Å²) in [5.41, 5.74) is 0.537. The third-order valence-electron chi connectivity index (χ3n) is 4.96. The van der Waals surface area contributed by atoms with E-state index in [9.17, 15) is 14.4 Å². The van der Waals surface area contributed by atoms with Crippen molar-refractivity contribution in [1.29, 1.82) is 0 Å². The van der Waals surface area contributed by atoms with Gasteiger partial charge in [0.15, 0.2) is 0 Å². The Morgan fingerprint density at radius 3 is 2.64 bits per heavy atom. The summed E-state index contributed by atoms with van der Waals surface area (Å²) in [6.45, 7) is 5.98. The van der Waals surface area contributed by atoms with Gasteiger partial charge in [0.05, 0.1) is 23.8 Å². The molecular weight excluding hydrogens is 358 g/mol. The molecule has 1 aliphatic heterocycles. The number of nitrogens with zero attached hydrogens (tertiary/aromatic N) is 4. The largest absolute Gasteiger partial charge is 0.355 e. The molecule has 8 nitrogen and oxygen atoms in total. The second-order valence-corrected chi connectivity index (χ2v) is 7.02. The molecule has 2 aromatic rings. The van der Waals surface area contributed by atoms with E-state index in [1.54, 1.807) is 17.0 Å². The molecule has 1 N–H and O–H groups in total. The molecular formula is C20H27N5O3. The number of aryl methyl sites for hydroxylation is 1. The van der Waals surface area contributed by atoms with Crippen molar-refractivity contribution in [1.82, 2.24) is 24.7 Å². The Balaban J connectivity index is 1.48. The molecule has 0 unspecified atom stereocenters. The van der Waals surface area contributed by atoms with E-state index in [0.717, 1.165) is 6.42 Å². The van der Waals surface area contributed by atoms with Crippen molar-refractivity contribution in [3.63, 3.8) is 0 Å². The van der Waals surface area contributed by atoms with Crippen LogP contribution in [0.2, 0.25) is 0 Å². The number of aromatic nitrogens is 2. The SMILES string of the molecule is CCCNC(=O)CN1CCN(C(=O)CCn2cnc3ccccc3c2=O)CC1. The van der Waals surface area contributed by atoms with Crippen molar-refractivity contribution in [2.75, 3.05) is 39.3 Å². The molecule has 1 fully saturated rings. The molecule has 8 heteroatoms. The third kappa shape index (κ3) is 4.95. The quantitative estimate of drug-likeness (QED) is 0.748. The summed E-state index contributed by atoms with van der Waals surface area (Å²) in [4.78, 5) is 45.0. The van der Waals surface area contributed by atoms with Gasteiger partial charge in [-0.15, -0.1) is 0 Å². The van der Waals surface area contributed by atoms with Gasteiger partial charge in [-0.1, -0.05) is 19.1 Å². The number of para-hydroxylation sites is 1. The van der Waals surface area contributed by atoms with Crippen LogP contribution in [-0.2, 0) is 16.1 Å². The van der Waals surface area contributed by atoms with E-state index in [-0.39, 0.29) is 23.8 Å². The summed E-state index contributed by atoms with van der Waals surface area (Å²) in [6.07, 6.45) is 2.69.